The van der Waals surface area contributed by atoms with Gasteiger partial charge in [0.2, 0.25) is 0 Å². The lowest BCUT2D eigenvalue weighted by atomic mass is 10.2. The summed E-state index contributed by atoms with van der Waals surface area (Å²) in [6.07, 6.45) is 6.86. The molecule has 6 heteroatoms. The highest BCUT2D eigenvalue weighted by Crippen LogP contribution is 2.26. The van der Waals surface area contributed by atoms with Crippen LogP contribution in [0.4, 0.5) is 5.69 Å². The summed E-state index contributed by atoms with van der Waals surface area (Å²) in [5, 5.41) is 3.77. The summed E-state index contributed by atoms with van der Waals surface area (Å²) in [6, 6.07) is 11.1. The van der Waals surface area contributed by atoms with Gasteiger partial charge in [-0.3, -0.25) is 9.78 Å². The minimum absolute atomic E-state index is 0.169. The summed E-state index contributed by atoms with van der Waals surface area (Å²) in [5.41, 5.74) is 1.28. The molecule has 2 aromatic heterocycles. The van der Waals surface area contributed by atoms with Crippen LogP contribution in [-0.4, -0.2) is 20.4 Å². The molecule has 0 saturated heterocycles. The third-order valence-corrected chi connectivity index (χ3v) is 4.11. The third-order valence-electron chi connectivity index (χ3n) is 3.02. The van der Waals surface area contributed by atoms with Crippen LogP contribution < -0.4 is 5.32 Å². The van der Waals surface area contributed by atoms with Crippen molar-refractivity contribution in [3.63, 3.8) is 0 Å². The maximum absolute atomic E-state index is 12.0. The number of benzene rings is 1. The van der Waals surface area contributed by atoms with Crippen LogP contribution in [0.15, 0.2) is 71.2 Å². The Balaban J connectivity index is 1.67. The Hall–Kier alpha value is -2.60. The second-order valence-corrected chi connectivity index (χ2v) is 5.68. The van der Waals surface area contributed by atoms with Crippen molar-refractivity contribution in [2.24, 2.45) is 7.05 Å². The zero-order chi connectivity index (χ0) is 15.4. The second kappa shape index (κ2) is 6.44. The van der Waals surface area contributed by atoms with Gasteiger partial charge in [0.1, 0.15) is 0 Å². The number of imidazole rings is 1. The van der Waals surface area contributed by atoms with Crippen LogP contribution in [0.5, 0.6) is 0 Å². The molecule has 1 aromatic carbocycles. The SMILES string of the molecule is Cn1ccnc1Sc1ccc(NC(=O)c2cccnc2)cc1. The van der Waals surface area contributed by atoms with Crippen molar-refractivity contribution in [1.82, 2.24) is 14.5 Å². The molecule has 0 atom stereocenters. The minimum atomic E-state index is -0.169. The number of hydrogen-bond donors (Lipinski definition) is 1. The standard InChI is InChI=1S/C16H14N4OS/c1-20-10-9-18-16(20)22-14-6-4-13(5-7-14)19-15(21)12-3-2-8-17-11-12/h2-11H,1H3,(H,19,21). The van der Waals surface area contributed by atoms with Crippen LogP contribution in [0, 0.1) is 0 Å². The molecule has 0 fully saturated rings. The second-order valence-electron chi connectivity index (χ2n) is 4.64. The molecule has 0 bridgehead atoms. The fourth-order valence-electron chi connectivity index (χ4n) is 1.86. The Labute approximate surface area is 132 Å². The summed E-state index contributed by atoms with van der Waals surface area (Å²) < 4.78 is 1.96. The Kier molecular flexibility index (Phi) is 4.20. The van der Waals surface area contributed by atoms with Crippen LogP contribution >= 0.6 is 11.8 Å². The molecule has 0 radical (unpaired) electrons. The normalized spacial score (nSPS) is 10.4. The number of hydrogen-bond acceptors (Lipinski definition) is 4. The summed E-state index contributed by atoms with van der Waals surface area (Å²) in [5.74, 6) is -0.169. The molecule has 3 rings (SSSR count). The lowest BCUT2D eigenvalue weighted by Crippen LogP contribution is -2.11. The molecule has 3 aromatic rings. The number of aromatic nitrogens is 3. The van der Waals surface area contributed by atoms with Gasteiger partial charge in [0, 0.05) is 42.4 Å². The maximum atomic E-state index is 12.0. The van der Waals surface area contributed by atoms with Gasteiger partial charge in [-0.2, -0.15) is 0 Å². The van der Waals surface area contributed by atoms with Crippen molar-refractivity contribution in [3.8, 4) is 0 Å². The van der Waals surface area contributed by atoms with E-state index < -0.39 is 0 Å². The molecule has 0 aliphatic heterocycles. The average molecular weight is 310 g/mol. The van der Waals surface area contributed by atoms with E-state index in [1.54, 1.807) is 42.5 Å². The van der Waals surface area contributed by atoms with Crippen LogP contribution in [0.1, 0.15) is 10.4 Å². The van der Waals surface area contributed by atoms with Crippen molar-refractivity contribution < 1.29 is 4.79 Å². The highest BCUT2D eigenvalue weighted by Gasteiger charge is 2.06. The van der Waals surface area contributed by atoms with E-state index in [1.165, 1.54) is 0 Å². The van der Waals surface area contributed by atoms with Gasteiger partial charge in [-0.05, 0) is 36.4 Å². The number of nitrogens with zero attached hydrogens (tertiary/aromatic N) is 3. The number of rotatable bonds is 4. The number of carbonyl (C=O) groups excluding carboxylic acids is 1. The fourth-order valence-corrected chi connectivity index (χ4v) is 2.66. The molecule has 0 spiro atoms. The summed E-state index contributed by atoms with van der Waals surface area (Å²) in [6.45, 7) is 0. The molecule has 22 heavy (non-hydrogen) atoms. The maximum Gasteiger partial charge on any atom is 0.257 e. The topological polar surface area (TPSA) is 59.8 Å². The van der Waals surface area contributed by atoms with Crippen molar-refractivity contribution >= 4 is 23.4 Å². The number of nitrogens with one attached hydrogen (secondary N) is 1. The van der Waals surface area contributed by atoms with Gasteiger partial charge in [-0.25, -0.2) is 4.98 Å². The molecule has 1 N–H and O–H groups in total. The first-order chi connectivity index (χ1) is 10.7. The van der Waals surface area contributed by atoms with Crippen molar-refractivity contribution in [3.05, 3.63) is 66.7 Å². The third kappa shape index (κ3) is 3.35. The zero-order valence-corrected chi connectivity index (χ0v) is 12.7. The van der Waals surface area contributed by atoms with E-state index in [-0.39, 0.29) is 5.91 Å². The monoisotopic (exact) mass is 310 g/mol. The first-order valence-corrected chi connectivity index (χ1v) is 7.50. The van der Waals surface area contributed by atoms with Crippen LogP contribution in [0.2, 0.25) is 0 Å². The van der Waals surface area contributed by atoms with Crippen molar-refractivity contribution in [2.75, 3.05) is 5.32 Å². The van der Waals surface area contributed by atoms with Crippen molar-refractivity contribution in [1.29, 1.82) is 0 Å². The molecule has 110 valence electrons. The van der Waals surface area contributed by atoms with Gasteiger partial charge in [0.05, 0.1) is 5.56 Å². The smallest absolute Gasteiger partial charge is 0.257 e. The van der Waals surface area contributed by atoms with E-state index in [0.29, 0.717) is 5.56 Å². The van der Waals surface area contributed by atoms with Gasteiger partial charge in [0.15, 0.2) is 5.16 Å². The Morgan fingerprint density at radius 3 is 2.64 bits per heavy atom. The van der Waals surface area contributed by atoms with E-state index in [0.717, 1.165) is 15.7 Å². The summed E-state index contributed by atoms with van der Waals surface area (Å²) >= 11 is 1.57. The molecule has 0 saturated carbocycles. The highest BCUT2D eigenvalue weighted by atomic mass is 32.2. The quantitative estimate of drug-likeness (QED) is 0.804. The predicted octanol–water partition coefficient (Wildman–Crippen LogP) is 3.22. The Morgan fingerprint density at radius 1 is 1.18 bits per heavy atom. The predicted molar refractivity (Wildman–Crippen MR) is 86.0 cm³/mol. The molecule has 0 unspecified atom stereocenters. The molecular formula is C16H14N4OS. The van der Waals surface area contributed by atoms with E-state index >= 15 is 0 Å². The van der Waals surface area contributed by atoms with Gasteiger partial charge in [0.25, 0.3) is 5.91 Å². The zero-order valence-electron chi connectivity index (χ0n) is 11.9. The summed E-state index contributed by atoms with van der Waals surface area (Å²) in [7, 11) is 1.96. The van der Waals surface area contributed by atoms with Gasteiger partial charge < -0.3 is 9.88 Å². The molecule has 1 amide bonds. The number of aryl methyl sites for hydroxylation is 1. The van der Waals surface area contributed by atoms with Crippen LogP contribution in [0.25, 0.3) is 0 Å². The van der Waals surface area contributed by atoms with Crippen molar-refractivity contribution in [2.45, 2.75) is 10.1 Å². The number of pyridine rings is 1. The first-order valence-electron chi connectivity index (χ1n) is 6.69. The molecular weight excluding hydrogens is 296 g/mol. The number of carbonyl (C=O) groups is 1. The summed E-state index contributed by atoms with van der Waals surface area (Å²) in [4.78, 5) is 21.3. The molecule has 5 nitrogen and oxygen atoms in total. The Morgan fingerprint density at radius 2 is 2.00 bits per heavy atom. The average Bonchev–Trinajstić information content (AvgIpc) is 2.95. The van der Waals surface area contributed by atoms with E-state index in [1.807, 2.05) is 42.1 Å². The molecule has 0 aliphatic carbocycles. The lowest BCUT2D eigenvalue weighted by molar-refractivity contribution is 0.102. The lowest BCUT2D eigenvalue weighted by Gasteiger charge is -2.06. The van der Waals surface area contributed by atoms with Gasteiger partial charge >= 0.3 is 0 Å². The van der Waals surface area contributed by atoms with Crippen LogP contribution in [-0.2, 0) is 7.05 Å². The first kappa shape index (κ1) is 14.3. The van der Waals surface area contributed by atoms with E-state index in [2.05, 4.69) is 15.3 Å². The highest BCUT2D eigenvalue weighted by molar-refractivity contribution is 7.99. The van der Waals surface area contributed by atoms with E-state index in [9.17, 15) is 4.79 Å². The largest absolute Gasteiger partial charge is 0.329 e. The molecule has 2 heterocycles. The fraction of sp³-hybridized carbons (Fsp3) is 0.0625. The van der Waals surface area contributed by atoms with Gasteiger partial charge in [-0.15, -0.1) is 0 Å². The van der Waals surface area contributed by atoms with E-state index in [4.69, 9.17) is 0 Å². The minimum Gasteiger partial charge on any atom is -0.329 e. The number of anilines is 1. The van der Waals surface area contributed by atoms with Gasteiger partial charge in [-0.1, -0.05) is 11.8 Å². The number of amides is 1. The van der Waals surface area contributed by atoms with Crippen LogP contribution in [0.3, 0.4) is 0 Å². The Bertz CT molecular complexity index is 768. The molecule has 0 aliphatic rings.